The Balaban J connectivity index is 0.000000198. The Labute approximate surface area is 345 Å². The number of halogens is 6. The van der Waals surface area contributed by atoms with Gasteiger partial charge in [-0.25, -0.2) is 0 Å². The molecule has 0 radical (unpaired) electrons. The second-order valence-electron chi connectivity index (χ2n) is 11.7. The first-order valence-corrected chi connectivity index (χ1v) is 19.8. The van der Waals surface area contributed by atoms with Gasteiger partial charge in [0.15, 0.2) is 0 Å². The van der Waals surface area contributed by atoms with Crippen LogP contribution in [0.3, 0.4) is 0 Å². The summed E-state index contributed by atoms with van der Waals surface area (Å²) < 4.78 is 3.59. The first-order valence-electron chi connectivity index (χ1n) is 15.0. The molecule has 0 aliphatic carbocycles. The molecule has 0 atom stereocenters. The van der Waals surface area contributed by atoms with Gasteiger partial charge in [-0.2, -0.15) is 0 Å². The van der Waals surface area contributed by atoms with Crippen LogP contribution in [0, 0.1) is 0 Å². The summed E-state index contributed by atoms with van der Waals surface area (Å²) in [7, 11) is 0. The van der Waals surface area contributed by atoms with Gasteiger partial charge in [0.05, 0.1) is 26.8 Å². The summed E-state index contributed by atoms with van der Waals surface area (Å²) in [4.78, 5) is 0. The predicted molar refractivity (Wildman–Crippen MR) is 221 cm³/mol. The van der Waals surface area contributed by atoms with Crippen molar-refractivity contribution in [1.82, 2.24) is 0 Å². The Morgan fingerprint density at radius 3 is 0.784 bits per heavy atom. The van der Waals surface area contributed by atoms with E-state index < -0.39 is 5.41 Å². The molecule has 12 heteroatoms. The van der Waals surface area contributed by atoms with Gasteiger partial charge < -0.3 is 30.6 Å². The second-order valence-corrected chi connectivity index (χ2v) is 16.8. The van der Waals surface area contributed by atoms with Crippen LogP contribution >= 0.6 is 95.6 Å². The van der Waals surface area contributed by atoms with E-state index in [1.165, 1.54) is 0 Å². The number of hydrogen-bond acceptors (Lipinski definition) is 6. The maximum absolute atomic E-state index is 9.88. The molecule has 51 heavy (non-hydrogen) atoms. The van der Waals surface area contributed by atoms with Gasteiger partial charge in [-0.05, 0) is 209 Å². The van der Waals surface area contributed by atoms with Crippen LogP contribution in [0.1, 0.15) is 46.2 Å². The molecule has 0 aromatic heterocycles. The maximum Gasteiger partial charge on any atom is 0.129 e. The minimum Gasteiger partial charge on any atom is -0.507 e. The van der Waals surface area contributed by atoms with E-state index in [0.717, 1.165) is 33.4 Å². The molecule has 0 unspecified atom stereocenters. The Kier molecular flexibility index (Phi) is 12.6. The third kappa shape index (κ3) is 8.63. The fourth-order valence-electron chi connectivity index (χ4n) is 5.64. The van der Waals surface area contributed by atoms with Gasteiger partial charge in [-0.3, -0.25) is 0 Å². The summed E-state index contributed by atoms with van der Waals surface area (Å²) in [5.74, 6) is 0.842. The van der Waals surface area contributed by atoms with Crippen LogP contribution in [0.4, 0.5) is 0 Å². The Bertz CT molecular complexity index is 1990. The Hall–Kier alpha value is -3.00. The van der Waals surface area contributed by atoms with Gasteiger partial charge in [0.1, 0.15) is 34.5 Å². The molecule has 0 fully saturated rings. The zero-order valence-corrected chi connectivity index (χ0v) is 35.9. The minimum atomic E-state index is -0.595. The van der Waals surface area contributed by atoms with Crippen LogP contribution in [0.5, 0.6) is 34.5 Å². The van der Waals surface area contributed by atoms with Gasteiger partial charge in [0.25, 0.3) is 0 Å². The quantitative estimate of drug-likeness (QED) is 0.0925. The standard InChI is InChI=1S/C20H15Br3O3.C19H13Br3O3/c1-20(11-2-5-17(24)14(21)8-11,12-3-6-18(25)15(22)9-12)13-4-7-19(26)16(23)10-13;20-13-7-10(1-4-16(13)23)19(11-2-5-17(24)14(21)8-11)12-3-6-18(25)15(22)9-12/h2-10,24-26H,1H3;1-9,19,23-25H. The van der Waals surface area contributed by atoms with Crippen molar-refractivity contribution in [3.8, 4) is 34.5 Å². The largest absolute Gasteiger partial charge is 0.507 e. The molecule has 0 saturated heterocycles. The van der Waals surface area contributed by atoms with Gasteiger partial charge in [0, 0.05) is 11.3 Å². The lowest BCUT2D eigenvalue weighted by molar-refractivity contribution is 0.469. The lowest BCUT2D eigenvalue weighted by Gasteiger charge is -2.32. The van der Waals surface area contributed by atoms with Gasteiger partial charge in [0.2, 0.25) is 0 Å². The molecule has 0 aliphatic rings. The van der Waals surface area contributed by atoms with Gasteiger partial charge in [-0.1, -0.05) is 36.4 Å². The van der Waals surface area contributed by atoms with Crippen LogP contribution in [-0.2, 0) is 5.41 Å². The smallest absolute Gasteiger partial charge is 0.129 e. The van der Waals surface area contributed by atoms with E-state index in [1.807, 2.05) is 72.8 Å². The van der Waals surface area contributed by atoms with Crippen LogP contribution in [-0.4, -0.2) is 30.6 Å². The first-order chi connectivity index (χ1) is 24.1. The molecule has 6 aromatic carbocycles. The molecule has 6 N–H and O–H groups in total. The molecule has 0 saturated carbocycles. The van der Waals surface area contributed by atoms with Crippen LogP contribution < -0.4 is 0 Å². The summed E-state index contributed by atoms with van der Waals surface area (Å²) in [6.45, 7) is 2.06. The highest BCUT2D eigenvalue weighted by Crippen LogP contribution is 2.45. The summed E-state index contributed by atoms with van der Waals surface area (Å²) >= 11 is 20.3. The number of phenolic OH excluding ortho intramolecular Hbond substituents is 6. The normalized spacial score (nSPS) is 11.3. The van der Waals surface area contributed by atoms with E-state index in [-0.39, 0.29) is 40.4 Å². The van der Waals surface area contributed by atoms with E-state index in [9.17, 15) is 30.6 Å². The van der Waals surface area contributed by atoms with Crippen molar-refractivity contribution in [3.63, 3.8) is 0 Å². The first kappa shape index (κ1) is 39.2. The highest BCUT2D eigenvalue weighted by molar-refractivity contribution is 9.11. The van der Waals surface area contributed by atoms with Crippen molar-refractivity contribution in [2.24, 2.45) is 0 Å². The van der Waals surface area contributed by atoms with Gasteiger partial charge >= 0.3 is 0 Å². The van der Waals surface area contributed by atoms with Crippen molar-refractivity contribution in [1.29, 1.82) is 0 Å². The molecule has 0 bridgehead atoms. The van der Waals surface area contributed by atoms with Crippen LogP contribution in [0.15, 0.2) is 136 Å². The second kappa shape index (κ2) is 16.3. The van der Waals surface area contributed by atoms with E-state index >= 15 is 0 Å². The van der Waals surface area contributed by atoms with E-state index in [4.69, 9.17) is 0 Å². The van der Waals surface area contributed by atoms with Crippen molar-refractivity contribution >= 4 is 95.6 Å². The summed E-state index contributed by atoms with van der Waals surface area (Å²) in [6, 6.07) is 32.2. The fourth-order valence-corrected chi connectivity index (χ4v) is 7.97. The lowest BCUT2D eigenvalue weighted by atomic mass is 9.71. The third-order valence-corrected chi connectivity index (χ3v) is 12.3. The minimum absolute atomic E-state index is 0.148. The topological polar surface area (TPSA) is 121 Å². The fraction of sp³-hybridized carbons (Fsp3) is 0.0769. The molecule has 0 amide bonds. The molecule has 6 nitrogen and oxygen atoms in total. The van der Waals surface area contributed by atoms with Crippen molar-refractivity contribution < 1.29 is 30.6 Å². The summed E-state index contributed by atoms with van der Waals surface area (Å²) in [5.41, 5.74) is 5.11. The highest BCUT2D eigenvalue weighted by atomic mass is 79.9. The molecule has 0 spiro atoms. The molecule has 0 aliphatic heterocycles. The molecular weight excluding hydrogens is 1040 g/mol. The number of phenols is 6. The van der Waals surface area contributed by atoms with Crippen molar-refractivity contribution in [2.45, 2.75) is 18.3 Å². The average molecular weight is 1070 g/mol. The Morgan fingerprint density at radius 1 is 0.353 bits per heavy atom. The lowest BCUT2D eigenvalue weighted by Crippen LogP contribution is -2.25. The SMILES string of the molecule is CC(c1ccc(O)c(Br)c1)(c1ccc(O)c(Br)c1)c1ccc(O)c(Br)c1.Oc1ccc(C(c2ccc(O)c(Br)c2)c2ccc(O)c(Br)c2)cc1Br. The zero-order valence-electron chi connectivity index (χ0n) is 26.4. The number of rotatable bonds is 6. The highest BCUT2D eigenvalue weighted by Gasteiger charge is 2.33. The summed E-state index contributed by atoms with van der Waals surface area (Å²) in [6.07, 6.45) is 0. The molecule has 0 heterocycles. The maximum atomic E-state index is 9.88. The molecule has 6 rings (SSSR count). The van der Waals surface area contributed by atoms with Gasteiger partial charge in [-0.15, -0.1) is 0 Å². The molecular formula is C39H28Br6O6. The number of hydrogen-bond donors (Lipinski definition) is 6. The predicted octanol–water partition coefficient (Wildman–Crippen LogP) is 12.7. The van der Waals surface area contributed by atoms with E-state index in [2.05, 4.69) is 103 Å². The molecule has 262 valence electrons. The van der Waals surface area contributed by atoms with E-state index in [0.29, 0.717) is 26.8 Å². The summed E-state index contributed by atoms with van der Waals surface area (Å²) in [5, 5.41) is 59.0. The number of benzene rings is 6. The van der Waals surface area contributed by atoms with Crippen molar-refractivity contribution in [2.75, 3.05) is 0 Å². The third-order valence-electron chi connectivity index (χ3n) is 8.49. The zero-order chi connectivity index (χ0) is 37.2. The van der Waals surface area contributed by atoms with Crippen LogP contribution in [0.2, 0.25) is 0 Å². The number of aromatic hydroxyl groups is 6. The van der Waals surface area contributed by atoms with E-state index in [1.54, 1.807) is 36.4 Å². The molecule has 6 aromatic rings. The van der Waals surface area contributed by atoms with Crippen molar-refractivity contribution in [3.05, 3.63) is 169 Å². The average Bonchev–Trinajstić information content (AvgIpc) is 3.09. The monoisotopic (exact) mass is 1070 g/mol. The van der Waals surface area contributed by atoms with Crippen LogP contribution in [0.25, 0.3) is 0 Å². The Morgan fingerprint density at radius 2 is 0.569 bits per heavy atom.